The highest BCUT2D eigenvalue weighted by atomic mass is 16.5. The van der Waals surface area contributed by atoms with Gasteiger partial charge in [-0.1, -0.05) is 30.3 Å². The summed E-state index contributed by atoms with van der Waals surface area (Å²) in [6.45, 7) is 0.438. The number of Topliss-reactive ketones (excluding diaryl/α,β-unsaturated/α-hetero) is 1. The molecule has 0 bridgehead atoms. The van der Waals surface area contributed by atoms with E-state index >= 15 is 0 Å². The summed E-state index contributed by atoms with van der Waals surface area (Å²) in [6, 6.07) is 15.2. The van der Waals surface area contributed by atoms with Crippen LogP contribution in [0.25, 0.3) is 0 Å². The molecule has 3 nitrogen and oxygen atoms in total. The molecule has 3 rings (SSSR count). The monoisotopic (exact) mass is 268 g/mol. The summed E-state index contributed by atoms with van der Waals surface area (Å²) >= 11 is 0. The van der Waals surface area contributed by atoms with Crippen LogP contribution in [0.2, 0.25) is 0 Å². The number of para-hydroxylation sites is 1. The van der Waals surface area contributed by atoms with Crippen LogP contribution in [-0.4, -0.2) is 19.5 Å². The van der Waals surface area contributed by atoms with Gasteiger partial charge in [0, 0.05) is 5.56 Å². The number of methoxy groups -OCH3 is 1. The van der Waals surface area contributed by atoms with E-state index in [1.165, 1.54) is 0 Å². The minimum Gasteiger partial charge on any atom is -0.497 e. The maximum absolute atomic E-state index is 12.5. The smallest absolute Gasteiger partial charge is 0.169 e. The summed E-state index contributed by atoms with van der Waals surface area (Å²) in [6.07, 6.45) is 0.728. The SMILES string of the molecule is COc1cccc(C(=O)C2COc3ccccc3C2)c1. The number of fused-ring (bicyclic) bond motifs is 1. The van der Waals surface area contributed by atoms with Gasteiger partial charge in [0.2, 0.25) is 0 Å². The Morgan fingerprint density at radius 2 is 2.05 bits per heavy atom. The molecule has 0 saturated heterocycles. The number of carbonyl (C=O) groups is 1. The molecule has 2 aromatic carbocycles. The lowest BCUT2D eigenvalue weighted by Gasteiger charge is -2.24. The second kappa shape index (κ2) is 5.37. The Balaban J connectivity index is 1.82. The van der Waals surface area contributed by atoms with Gasteiger partial charge in [0.1, 0.15) is 11.5 Å². The fraction of sp³-hybridized carbons (Fsp3) is 0.235. The first-order valence-electron chi connectivity index (χ1n) is 6.67. The summed E-state index contributed by atoms with van der Waals surface area (Å²) in [5.41, 5.74) is 1.78. The third-order valence-corrected chi connectivity index (χ3v) is 3.60. The van der Waals surface area contributed by atoms with Crippen molar-refractivity contribution in [2.45, 2.75) is 6.42 Å². The topological polar surface area (TPSA) is 35.5 Å². The van der Waals surface area contributed by atoms with E-state index in [1.807, 2.05) is 42.5 Å². The number of ether oxygens (including phenoxy) is 2. The van der Waals surface area contributed by atoms with Crippen LogP contribution in [-0.2, 0) is 6.42 Å². The van der Waals surface area contributed by atoms with Crippen molar-refractivity contribution in [3.8, 4) is 11.5 Å². The summed E-state index contributed by atoms with van der Waals surface area (Å²) in [4.78, 5) is 12.5. The standard InChI is InChI=1S/C17H16O3/c1-19-15-7-4-6-13(10-15)17(18)14-9-12-5-2-3-8-16(12)20-11-14/h2-8,10,14H,9,11H2,1H3. The summed E-state index contributed by atoms with van der Waals surface area (Å²) in [5, 5.41) is 0. The number of hydrogen-bond acceptors (Lipinski definition) is 3. The number of benzene rings is 2. The van der Waals surface area contributed by atoms with Crippen molar-refractivity contribution in [3.63, 3.8) is 0 Å². The molecular weight excluding hydrogens is 252 g/mol. The van der Waals surface area contributed by atoms with Gasteiger partial charge < -0.3 is 9.47 Å². The Labute approximate surface area is 118 Å². The maximum Gasteiger partial charge on any atom is 0.169 e. The Bertz CT molecular complexity index is 634. The number of ketones is 1. The molecule has 20 heavy (non-hydrogen) atoms. The van der Waals surface area contributed by atoms with Crippen molar-refractivity contribution in [1.29, 1.82) is 0 Å². The molecule has 0 amide bonds. The van der Waals surface area contributed by atoms with E-state index in [-0.39, 0.29) is 11.7 Å². The van der Waals surface area contributed by atoms with Gasteiger partial charge in [-0.15, -0.1) is 0 Å². The van der Waals surface area contributed by atoms with Crippen molar-refractivity contribution < 1.29 is 14.3 Å². The van der Waals surface area contributed by atoms with Gasteiger partial charge in [0.05, 0.1) is 19.6 Å². The molecule has 0 fully saturated rings. The maximum atomic E-state index is 12.5. The molecule has 0 aliphatic carbocycles. The average molecular weight is 268 g/mol. The molecule has 0 saturated carbocycles. The molecule has 0 radical (unpaired) electrons. The van der Waals surface area contributed by atoms with E-state index in [4.69, 9.17) is 9.47 Å². The molecule has 1 heterocycles. The molecule has 0 spiro atoms. The highest BCUT2D eigenvalue weighted by Crippen LogP contribution is 2.29. The Kier molecular flexibility index (Phi) is 3.42. The largest absolute Gasteiger partial charge is 0.497 e. The molecule has 102 valence electrons. The zero-order chi connectivity index (χ0) is 13.9. The van der Waals surface area contributed by atoms with Crippen LogP contribution in [0.1, 0.15) is 15.9 Å². The third kappa shape index (κ3) is 2.39. The zero-order valence-electron chi connectivity index (χ0n) is 11.3. The predicted molar refractivity (Wildman–Crippen MR) is 76.5 cm³/mol. The Morgan fingerprint density at radius 1 is 1.20 bits per heavy atom. The second-order valence-electron chi connectivity index (χ2n) is 4.92. The van der Waals surface area contributed by atoms with Crippen LogP contribution in [0.4, 0.5) is 0 Å². The third-order valence-electron chi connectivity index (χ3n) is 3.60. The molecular formula is C17H16O3. The molecule has 1 unspecified atom stereocenters. The first kappa shape index (κ1) is 12.7. The van der Waals surface area contributed by atoms with Crippen molar-refractivity contribution in [3.05, 3.63) is 59.7 Å². The van der Waals surface area contributed by atoms with Crippen LogP contribution in [0.5, 0.6) is 11.5 Å². The van der Waals surface area contributed by atoms with Crippen LogP contribution in [0.15, 0.2) is 48.5 Å². The van der Waals surface area contributed by atoms with Gasteiger partial charge in [0.25, 0.3) is 0 Å². The lowest BCUT2D eigenvalue weighted by Crippen LogP contribution is -2.28. The molecule has 3 heteroatoms. The summed E-state index contributed by atoms with van der Waals surface area (Å²) < 4.78 is 10.8. The lowest BCUT2D eigenvalue weighted by atomic mass is 9.90. The Hall–Kier alpha value is -2.29. The van der Waals surface area contributed by atoms with Crippen molar-refractivity contribution >= 4 is 5.78 Å². The van der Waals surface area contributed by atoms with E-state index in [2.05, 4.69) is 0 Å². The number of carbonyl (C=O) groups excluding carboxylic acids is 1. The molecule has 0 aromatic heterocycles. The van der Waals surface area contributed by atoms with E-state index in [9.17, 15) is 4.79 Å². The highest BCUT2D eigenvalue weighted by Gasteiger charge is 2.26. The first-order chi connectivity index (χ1) is 9.78. The number of rotatable bonds is 3. The molecule has 1 aliphatic rings. The van der Waals surface area contributed by atoms with Gasteiger partial charge in [-0.2, -0.15) is 0 Å². The predicted octanol–water partition coefficient (Wildman–Crippen LogP) is 3.13. The number of hydrogen-bond donors (Lipinski definition) is 0. The summed E-state index contributed by atoms with van der Waals surface area (Å²) in [5.74, 6) is 1.57. The molecule has 1 aliphatic heterocycles. The Morgan fingerprint density at radius 3 is 2.90 bits per heavy atom. The van der Waals surface area contributed by atoms with Crippen LogP contribution < -0.4 is 9.47 Å². The molecule has 0 N–H and O–H groups in total. The van der Waals surface area contributed by atoms with Crippen molar-refractivity contribution in [2.24, 2.45) is 5.92 Å². The molecule has 1 atom stereocenters. The minimum atomic E-state index is -0.128. The fourth-order valence-electron chi connectivity index (χ4n) is 2.51. The van der Waals surface area contributed by atoms with E-state index < -0.39 is 0 Å². The van der Waals surface area contributed by atoms with Gasteiger partial charge in [-0.3, -0.25) is 4.79 Å². The van der Waals surface area contributed by atoms with E-state index in [1.54, 1.807) is 13.2 Å². The van der Waals surface area contributed by atoms with Gasteiger partial charge in [-0.25, -0.2) is 0 Å². The van der Waals surface area contributed by atoms with Crippen LogP contribution in [0.3, 0.4) is 0 Å². The summed E-state index contributed by atoms with van der Waals surface area (Å²) in [7, 11) is 1.60. The lowest BCUT2D eigenvalue weighted by molar-refractivity contribution is 0.0855. The minimum absolute atomic E-state index is 0.110. The average Bonchev–Trinajstić information content (AvgIpc) is 2.53. The van der Waals surface area contributed by atoms with Crippen LogP contribution >= 0.6 is 0 Å². The van der Waals surface area contributed by atoms with Crippen molar-refractivity contribution in [1.82, 2.24) is 0 Å². The second-order valence-corrected chi connectivity index (χ2v) is 4.92. The van der Waals surface area contributed by atoms with Gasteiger partial charge in [-0.05, 0) is 30.2 Å². The molecule has 2 aromatic rings. The fourth-order valence-corrected chi connectivity index (χ4v) is 2.51. The van der Waals surface area contributed by atoms with Gasteiger partial charge >= 0.3 is 0 Å². The quantitative estimate of drug-likeness (QED) is 0.802. The highest BCUT2D eigenvalue weighted by molar-refractivity contribution is 5.98. The van der Waals surface area contributed by atoms with E-state index in [0.29, 0.717) is 17.9 Å². The van der Waals surface area contributed by atoms with Crippen LogP contribution in [0, 0.1) is 5.92 Å². The zero-order valence-corrected chi connectivity index (χ0v) is 11.3. The van der Waals surface area contributed by atoms with Gasteiger partial charge in [0.15, 0.2) is 5.78 Å². The normalized spacial score (nSPS) is 16.9. The van der Waals surface area contributed by atoms with E-state index in [0.717, 1.165) is 17.7 Å². The van der Waals surface area contributed by atoms with Crippen molar-refractivity contribution in [2.75, 3.05) is 13.7 Å². The first-order valence-corrected chi connectivity index (χ1v) is 6.67.